The van der Waals surface area contributed by atoms with Gasteiger partial charge in [0.1, 0.15) is 16.6 Å². The molecule has 162 valence electrons. The number of likely N-dealkylation sites (tertiary alicyclic amines) is 1. The fourth-order valence-electron chi connectivity index (χ4n) is 4.23. The van der Waals surface area contributed by atoms with Crippen molar-refractivity contribution >= 4 is 23.2 Å². The number of rotatable bonds is 7. The van der Waals surface area contributed by atoms with Crippen LogP contribution < -0.4 is 10.1 Å². The Morgan fingerprint density at radius 3 is 2.77 bits per heavy atom. The number of H-pyrrole nitrogens is 1. The summed E-state index contributed by atoms with van der Waals surface area (Å²) in [7, 11) is 1.54. The highest BCUT2D eigenvalue weighted by Gasteiger charge is 2.51. The Hall–Kier alpha value is -2.90. The Labute approximate surface area is 186 Å². The van der Waals surface area contributed by atoms with Crippen molar-refractivity contribution in [1.29, 1.82) is 0 Å². The number of hydrogen-bond acceptors (Lipinski definition) is 5. The second-order valence-corrected chi connectivity index (χ2v) is 8.58. The number of methoxy groups -OCH3 is 1. The average Bonchev–Trinajstić information content (AvgIpc) is 3.24. The molecule has 1 aromatic carbocycles. The lowest BCUT2D eigenvalue weighted by atomic mass is 9.69. The molecule has 0 atom stereocenters. The predicted octanol–water partition coefficient (Wildman–Crippen LogP) is 3.98. The van der Waals surface area contributed by atoms with Crippen molar-refractivity contribution in [3.63, 3.8) is 0 Å². The predicted molar refractivity (Wildman–Crippen MR) is 121 cm³/mol. The molecule has 31 heavy (non-hydrogen) atoms. The van der Waals surface area contributed by atoms with Crippen LogP contribution in [0.25, 0.3) is 0 Å². The molecule has 0 saturated carbocycles. The van der Waals surface area contributed by atoms with Gasteiger partial charge in [-0.15, -0.1) is 0 Å². The number of ether oxygens (including phenoxy) is 1. The molecule has 3 aromatic rings. The molecule has 1 fully saturated rings. The van der Waals surface area contributed by atoms with E-state index in [0.717, 1.165) is 11.3 Å². The smallest absolute Gasteiger partial charge is 0.237 e. The summed E-state index contributed by atoms with van der Waals surface area (Å²) in [5, 5.41) is 10.4. The molecule has 3 heterocycles. The van der Waals surface area contributed by atoms with Gasteiger partial charge in [-0.2, -0.15) is 5.10 Å². The first kappa shape index (κ1) is 21.3. The van der Waals surface area contributed by atoms with E-state index in [1.807, 2.05) is 24.4 Å². The number of halogens is 1. The zero-order valence-corrected chi connectivity index (χ0v) is 18.6. The molecule has 2 N–H and O–H groups in total. The van der Waals surface area contributed by atoms with Gasteiger partial charge >= 0.3 is 0 Å². The molecule has 4 rings (SSSR count). The van der Waals surface area contributed by atoms with Gasteiger partial charge in [-0.25, -0.2) is 4.98 Å². The highest BCUT2D eigenvalue weighted by molar-refractivity contribution is 6.29. The number of amides is 1. The summed E-state index contributed by atoms with van der Waals surface area (Å²) in [6.45, 7) is 6.18. The van der Waals surface area contributed by atoms with Gasteiger partial charge in [0, 0.05) is 31.9 Å². The first-order valence-corrected chi connectivity index (χ1v) is 10.6. The normalized spacial score (nSPS) is 15.5. The topological polar surface area (TPSA) is 83.1 Å². The number of carbonyl (C=O) groups excluding carboxylic acids is 1. The van der Waals surface area contributed by atoms with Crippen molar-refractivity contribution in [3.05, 3.63) is 70.8 Å². The van der Waals surface area contributed by atoms with E-state index < -0.39 is 5.41 Å². The Morgan fingerprint density at radius 2 is 2.10 bits per heavy atom. The molecule has 0 spiro atoms. The third kappa shape index (κ3) is 4.16. The van der Waals surface area contributed by atoms with Crippen molar-refractivity contribution in [2.24, 2.45) is 0 Å². The summed E-state index contributed by atoms with van der Waals surface area (Å²) in [5.74, 6) is 0.697. The van der Waals surface area contributed by atoms with Crippen LogP contribution in [-0.2, 0) is 16.8 Å². The van der Waals surface area contributed by atoms with Crippen LogP contribution in [0.4, 0.5) is 5.69 Å². The van der Waals surface area contributed by atoms with E-state index in [4.69, 9.17) is 16.3 Å². The Morgan fingerprint density at radius 1 is 1.32 bits per heavy atom. The van der Waals surface area contributed by atoms with Crippen molar-refractivity contribution in [1.82, 2.24) is 20.1 Å². The zero-order valence-electron chi connectivity index (χ0n) is 17.9. The van der Waals surface area contributed by atoms with E-state index in [1.54, 1.807) is 13.2 Å². The van der Waals surface area contributed by atoms with Crippen LogP contribution in [0.15, 0.2) is 48.8 Å². The van der Waals surface area contributed by atoms with Crippen molar-refractivity contribution < 1.29 is 9.53 Å². The first-order valence-electron chi connectivity index (χ1n) is 10.2. The number of carbonyl (C=O) groups is 1. The molecular formula is C23H26ClN5O2. The van der Waals surface area contributed by atoms with Gasteiger partial charge in [-0.05, 0) is 23.1 Å². The molecule has 0 radical (unpaired) electrons. The first-order chi connectivity index (χ1) is 14.9. The van der Waals surface area contributed by atoms with Crippen LogP contribution >= 0.6 is 11.6 Å². The van der Waals surface area contributed by atoms with Crippen LogP contribution in [-0.4, -0.2) is 46.2 Å². The fourth-order valence-corrected chi connectivity index (χ4v) is 4.38. The highest BCUT2D eigenvalue weighted by Crippen LogP contribution is 2.41. The van der Waals surface area contributed by atoms with Crippen molar-refractivity contribution in [3.8, 4) is 5.75 Å². The zero-order chi connectivity index (χ0) is 22.0. The number of nitrogens with zero attached hydrogens (tertiary/aromatic N) is 3. The van der Waals surface area contributed by atoms with E-state index in [1.165, 1.54) is 11.8 Å². The van der Waals surface area contributed by atoms with Gasteiger partial charge in [0.05, 0.1) is 24.4 Å². The molecular weight excluding hydrogens is 414 g/mol. The third-order valence-corrected chi connectivity index (χ3v) is 5.97. The van der Waals surface area contributed by atoms with Crippen LogP contribution in [0, 0.1) is 0 Å². The van der Waals surface area contributed by atoms with Gasteiger partial charge in [0.25, 0.3) is 0 Å². The number of hydrogen-bond donors (Lipinski definition) is 2. The summed E-state index contributed by atoms with van der Waals surface area (Å²) in [6.07, 6.45) is 3.34. The molecule has 1 aliphatic heterocycles. The minimum atomic E-state index is -0.679. The maximum atomic E-state index is 13.7. The lowest BCUT2D eigenvalue weighted by Crippen LogP contribution is -2.64. The fraction of sp³-hybridized carbons (Fsp3) is 0.348. The maximum absolute atomic E-state index is 13.7. The molecule has 0 unspecified atom stereocenters. The van der Waals surface area contributed by atoms with Crippen molar-refractivity contribution in [2.45, 2.75) is 31.7 Å². The number of anilines is 1. The van der Waals surface area contributed by atoms with Gasteiger partial charge in [0.2, 0.25) is 5.91 Å². The lowest BCUT2D eigenvalue weighted by molar-refractivity contribution is -0.128. The molecule has 7 nitrogen and oxygen atoms in total. The molecule has 8 heteroatoms. The summed E-state index contributed by atoms with van der Waals surface area (Å²) in [5.41, 5.74) is 3.01. The minimum Gasteiger partial charge on any atom is -0.494 e. The van der Waals surface area contributed by atoms with Gasteiger partial charge in [0.15, 0.2) is 0 Å². The maximum Gasteiger partial charge on any atom is 0.237 e. The SMILES string of the molecule is COc1cc(Cl)ncc1NC(=O)C1(c2ccccc2C(C)C)CN(Cc2cc[nH]n2)C1. The largest absolute Gasteiger partial charge is 0.494 e. The molecule has 2 aromatic heterocycles. The number of nitrogens with one attached hydrogen (secondary N) is 2. The summed E-state index contributed by atoms with van der Waals surface area (Å²) >= 11 is 5.98. The van der Waals surface area contributed by atoms with Gasteiger partial charge in [-0.1, -0.05) is 49.7 Å². The summed E-state index contributed by atoms with van der Waals surface area (Å²) in [4.78, 5) is 20.0. The Balaban J connectivity index is 1.66. The third-order valence-electron chi connectivity index (χ3n) is 5.76. The molecule has 0 bridgehead atoms. The molecule has 1 aliphatic rings. The molecule has 1 saturated heterocycles. The van der Waals surface area contributed by atoms with Crippen LogP contribution in [0.5, 0.6) is 5.75 Å². The number of benzene rings is 1. The van der Waals surface area contributed by atoms with Crippen molar-refractivity contribution in [2.75, 3.05) is 25.5 Å². The number of aromatic amines is 1. The van der Waals surface area contributed by atoms with E-state index in [9.17, 15) is 4.79 Å². The van der Waals surface area contributed by atoms with E-state index >= 15 is 0 Å². The molecule has 1 amide bonds. The van der Waals surface area contributed by atoms with E-state index in [2.05, 4.69) is 51.4 Å². The Bertz CT molecular complexity index is 1060. The van der Waals surface area contributed by atoms with Gasteiger partial charge < -0.3 is 10.1 Å². The standard InChI is InChI=1S/C23H26ClN5O2/c1-15(2)17-6-4-5-7-18(17)23(13-29(14-23)12-16-8-9-26-28-16)22(30)27-19-11-25-21(24)10-20(19)31-3/h4-11,15H,12-14H2,1-3H3,(H,26,28)(H,27,30). The van der Waals surface area contributed by atoms with Gasteiger partial charge in [-0.3, -0.25) is 14.8 Å². The lowest BCUT2D eigenvalue weighted by Gasteiger charge is -2.50. The number of aromatic nitrogens is 3. The van der Waals surface area contributed by atoms with E-state index in [0.29, 0.717) is 42.1 Å². The quantitative estimate of drug-likeness (QED) is 0.544. The van der Waals surface area contributed by atoms with Crippen LogP contribution in [0.2, 0.25) is 5.15 Å². The molecule has 0 aliphatic carbocycles. The average molecular weight is 440 g/mol. The Kier molecular flexibility index (Phi) is 5.98. The summed E-state index contributed by atoms with van der Waals surface area (Å²) in [6, 6.07) is 11.7. The summed E-state index contributed by atoms with van der Waals surface area (Å²) < 4.78 is 5.39. The van der Waals surface area contributed by atoms with E-state index in [-0.39, 0.29) is 5.91 Å². The highest BCUT2D eigenvalue weighted by atomic mass is 35.5. The minimum absolute atomic E-state index is 0.0821. The van der Waals surface area contributed by atoms with Crippen LogP contribution in [0.3, 0.4) is 0 Å². The second kappa shape index (κ2) is 8.69. The number of pyridine rings is 1. The second-order valence-electron chi connectivity index (χ2n) is 8.20. The monoisotopic (exact) mass is 439 g/mol. The van der Waals surface area contributed by atoms with Crippen LogP contribution in [0.1, 0.15) is 36.6 Å².